The van der Waals surface area contributed by atoms with Gasteiger partial charge in [0, 0.05) is 46.4 Å². The van der Waals surface area contributed by atoms with Crippen LogP contribution in [0.15, 0.2) is 12.2 Å². The number of hydrogen-bond donors (Lipinski definition) is 1. The highest BCUT2D eigenvalue weighted by Crippen LogP contribution is 2.06. The second kappa shape index (κ2) is 6.14. The predicted octanol–water partition coefficient (Wildman–Crippen LogP) is -0.695. The van der Waals surface area contributed by atoms with Gasteiger partial charge < -0.3 is 9.64 Å². The molecular formula is C12H21N3O2. The van der Waals surface area contributed by atoms with Crippen LogP contribution >= 0.6 is 0 Å². The fourth-order valence-corrected chi connectivity index (χ4v) is 2.25. The van der Waals surface area contributed by atoms with Gasteiger partial charge in [0.1, 0.15) is 6.04 Å². The molecule has 1 atom stereocenters. The largest absolute Gasteiger partial charge is 0.383 e. The molecule has 0 aliphatic carbocycles. The van der Waals surface area contributed by atoms with Gasteiger partial charge in [-0.2, -0.15) is 0 Å². The molecule has 96 valence electrons. The normalized spacial score (nSPS) is 25.5. The number of carbonyl (C=O) groups excluding carboxylic acids is 1. The lowest BCUT2D eigenvalue weighted by atomic mass is 10.2. The number of methoxy groups -OCH3 is 1. The van der Waals surface area contributed by atoms with Crippen LogP contribution in [0.2, 0.25) is 0 Å². The average Bonchev–Trinajstić information content (AvgIpc) is 2.90. The number of hydrogen-bond acceptors (Lipinski definition) is 4. The second-order valence-electron chi connectivity index (χ2n) is 4.47. The summed E-state index contributed by atoms with van der Waals surface area (Å²) in [6.07, 6.45) is 3.97. The van der Waals surface area contributed by atoms with Crippen molar-refractivity contribution in [3.63, 3.8) is 0 Å². The Hall–Kier alpha value is -0.910. The summed E-state index contributed by atoms with van der Waals surface area (Å²) in [6, 6.07) is -0.0967. The first-order valence-corrected chi connectivity index (χ1v) is 6.21. The van der Waals surface area contributed by atoms with Crippen LogP contribution in [0, 0.1) is 0 Å². The standard InChI is InChI=1S/C12H21N3O2/c1-17-10-9-14-5-7-15(8-6-14)12(16)11-3-2-4-13-11/h2-3,11,13H,4-10H2,1H3/t11-/m0/s1. The topological polar surface area (TPSA) is 44.8 Å². The molecule has 2 aliphatic rings. The Morgan fingerprint density at radius 2 is 2.18 bits per heavy atom. The zero-order valence-corrected chi connectivity index (χ0v) is 10.4. The number of rotatable bonds is 4. The van der Waals surface area contributed by atoms with Gasteiger partial charge in [0.2, 0.25) is 5.91 Å². The van der Waals surface area contributed by atoms with E-state index in [-0.39, 0.29) is 11.9 Å². The van der Waals surface area contributed by atoms with Gasteiger partial charge in [-0.25, -0.2) is 0 Å². The van der Waals surface area contributed by atoms with Gasteiger partial charge >= 0.3 is 0 Å². The van der Waals surface area contributed by atoms with Crippen molar-refractivity contribution in [3.8, 4) is 0 Å². The van der Waals surface area contributed by atoms with Crippen molar-refractivity contribution in [3.05, 3.63) is 12.2 Å². The maximum Gasteiger partial charge on any atom is 0.243 e. The first-order valence-electron chi connectivity index (χ1n) is 6.21. The van der Waals surface area contributed by atoms with Crippen molar-refractivity contribution >= 4 is 5.91 Å². The first kappa shape index (κ1) is 12.5. The predicted molar refractivity (Wildman–Crippen MR) is 65.8 cm³/mol. The lowest BCUT2D eigenvalue weighted by Gasteiger charge is -2.35. The molecule has 1 fully saturated rings. The molecule has 5 heteroatoms. The Morgan fingerprint density at radius 1 is 1.41 bits per heavy atom. The summed E-state index contributed by atoms with van der Waals surface area (Å²) in [5.74, 6) is 0.213. The minimum atomic E-state index is -0.0967. The van der Waals surface area contributed by atoms with Crippen molar-refractivity contribution in [1.82, 2.24) is 15.1 Å². The van der Waals surface area contributed by atoms with Gasteiger partial charge in [0.25, 0.3) is 0 Å². The lowest BCUT2D eigenvalue weighted by Crippen LogP contribution is -2.53. The van der Waals surface area contributed by atoms with Gasteiger partial charge in [-0.15, -0.1) is 0 Å². The van der Waals surface area contributed by atoms with Gasteiger partial charge in [0.15, 0.2) is 0 Å². The van der Waals surface area contributed by atoms with Crippen molar-refractivity contribution in [2.75, 3.05) is 53.0 Å². The molecule has 0 spiro atoms. The third-order valence-electron chi connectivity index (χ3n) is 3.35. The summed E-state index contributed by atoms with van der Waals surface area (Å²) in [5.41, 5.74) is 0. The molecule has 0 aromatic heterocycles. The Labute approximate surface area is 102 Å². The molecule has 5 nitrogen and oxygen atoms in total. The molecular weight excluding hydrogens is 218 g/mol. The summed E-state index contributed by atoms with van der Waals surface area (Å²) in [6.45, 7) is 6.09. The van der Waals surface area contributed by atoms with E-state index in [1.165, 1.54) is 0 Å². The number of carbonyl (C=O) groups is 1. The fraction of sp³-hybridized carbons (Fsp3) is 0.750. The quantitative estimate of drug-likeness (QED) is 0.659. The Kier molecular flexibility index (Phi) is 4.53. The van der Waals surface area contributed by atoms with Crippen LogP contribution in [-0.2, 0) is 9.53 Å². The van der Waals surface area contributed by atoms with E-state index in [0.29, 0.717) is 0 Å². The monoisotopic (exact) mass is 239 g/mol. The average molecular weight is 239 g/mol. The van der Waals surface area contributed by atoms with Gasteiger partial charge in [0.05, 0.1) is 6.61 Å². The molecule has 0 unspecified atom stereocenters. The molecule has 2 aliphatic heterocycles. The van der Waals surface area contributed by atoms with Crippen molar-refractivity contribution in [2.24, 2.45) is 0 Å². The van der Waals surface area contributed by atoms with Crippen molar-refractivity contribution in [1.29, 1.82) is 0 Å². The summed E-state index contributed by atoms with van der Waals surface area (Å²) >= 11 is 0. The lowest BCUT2D eigenvalue weighted by molar-refractivity contribution is -0.133. The molecule has 2 rings (SSSR count). The van der Waals surface area contributed by atoms with Crippen molar-refractivity contribution < 1.29 is 9.53 Å². The van der Waals surface area contributed by atoms with E-state index in [4.69, 9.17) is 4.74 Å². The molecule has 0 aromatic carbocycles. The maximum absolute atomic E-state index is 12.1. The summed E-state index contributed by atoms with van der Waals surface area (Å²) in [5, 5.41) is 3.16. The number of nitrogens with one attached hydrogen (secondary N) is 1. The highest BCUT2D eigenvalue weighted by molar-refractivity contribution is 5.84. The van der Waals surface area contributed by atoms with E-state index in [1.807, 2.05) is 17.1 Å². The molecule has 17 heavy (non-hydrogen) atoms. The van der Waals surface area contributed by atoms with Gasteiger partial charge in [-0.05, 0) is 0 Å². The van der Waals surface area contributed by atoms with E-state index >= 15 is 0 Å². The molecule has 0 radical (unpaired) electrons. The number of ether oxygens (including phenoxy) is 1. The molecule has 1 amide bonds. The minimum absolute atomic E-state index is 0.0967. The highest BCUT2D eigenvalue weighted by atomic mass is 16.5. The third kappa shape index (κ3) is 3.28. The van der Waals surface area contributed by atoms with E-state index in [2.05, 4.69) is 10.2 Å². The van der Waals surface area contributed by atoms with Crippen LogP contribution in [0.3, 0.4) is 0 Å². The Bertz CT molecular complexity index is 285. The molecule has 2 heterocycles. The van der Waals surface area contributed by atoms with E-state index < -0.39 is 0 Å². The number of nitrogens with zero attached hydrogens (tertiary/aromatic N) is 2. The SMILES string of the molecule is COCCN1CCN(C(=O)[C@@H]2C=CCN2)CC1. The van der Waals surface area contributed by atoms with Crippen LogP contribution in [0.5, 0.6) is 0 Å². The van der Waals surface area contributed by atoms with Crippen molar-refractivity contribution in [2.45, 2.75) is 6.04 Å². The Morgan fingerprint density at radius 3 is 2.76 bits per heavy atom. The first-order chi connectivity index (χ1) is 8.31. The maximum atomic E-state index is 12.1. The smallest absolute Gasteiger partial charge is 0.243 e. The van der Waals surface area contributed by atoms with Gasteiger partial charge in [-0.3, -0.25) is 15.0 Å². The second-order valence-corrected chi connectivity index (χ2v) is 4.47. The fourth-order valence-electron chi connectivity index (χ4n) is 2.25. The van der Waals surface area contributed by atoms with E-state index in [9.17, 15) is 4.79 Å². The summed E-state index contributed by atoms with van der Waals surface area (Å²) < 4.78 is 5.06. The van der Waals surface area contributed by atoms with Crippen LogP contribution < -0.4 is 5.32 Å². The zero-order valence-electron chi connectivity index (χ0n) is 10.4. The minimum Gasteiger partial charge on any atom is -0.383 e. The molecule has 1 N–H and O–H groups in total. The molecule has 1 saturated heterocycles. The van der Waals surface area contributed by atoms with E-state index in [1.54, 1.807) is 7.11 Å². The molecule has 0 saturated carbocycles. The van der Waals surface area contributed by atoms with Crippen LogP contribution in [0.25, 0.3) is 0 Å². The van der Waals surface area contributed by atoms with Crippen LogP contribution in [0.1, 0.15) is 0 Å². The van der Waals surface area contributed by atoms with Gasteiger partial charge in [-0.1, -0.05) is 12.2 Å². The summed E-state index contributed by atoms with van der Waals surface area (Å²) in [4.78, 5) is 16.4. The number of amides is 1. The van der Waals surface area contributed by atoms with E-state index in [0.717, 1.165) is 45.9 Å². The Balaban J connectivity index is 1.74. The third-order valence-corrected chi connectivity index (χ3v) is 3.35. The van der Waals surface area contributed by atoms with Crippen LogP contribution in [0.4, 0.5) is 0 Å². The summed E-state index contributed by atoms with van der Waals surface area (Å²) in [7, 11) is 1.72. The molecule has 0 aromatic rings. The van der Waals surface area contributed by atoms with Crippen LogP contribution in [-0.4, -0.2) is 74.7 Å². The highest BCUT2D eigenvalue weighted by Gasteiger charge is 2.26. The number of piperazine rings is 1. The molecule has 0 bridgehead atoms. The zero-order chi connectivity index (χ0) is 12.1.